The Bertz CT molecular complexity index is 1270. The van der Waals surface area contributed by atoms with E-state index < -0.39 is 51.4 Å². The van der Waals surface area contributed by atoms with E-state index in [1.807, 2.05) is 0 Å². The molecule has 0 atom stereocenters. The van der Waals surface area contributed by atoms with Gasteiger partial charge in [-0.05, 0) is 23.8 Å². The van der Waals surface area contributed by atoms with Gasteiger partial charge in [0.25, 0.3) is 11.5 Å². The molecule has 1 aliphatic heterocycles. The van der Waals surface area contributed by atoms with Gasteiger partial charge in [0, 0.05) is 31.6 Å². The van der Waals surface area contributed by atoms with Gasteiger partial charge in [-0.1, -0.05) is 30.3 Å². The zero-order valence-electron chi connectivity index (χ0n) is 17.7. The van der Waals surface area contributed by atoms with Gasteiger partial charge in [-0.2, -0.15) is 17.5 Å². The van der Waals surface area contributed by atoms with Gasteiger partial charge in [0.2, 0.25) is 15.9 Å². The quantitative estimate of drug-likeness (QED) is 0.639. The van der Waals surface area contributed by atoms with Gasteiger partial charge in [-0.3, -0.25) is 19.0 Å². The first kappa shape index (κ1) is 25.2. The number of piperazine rings is 1. The van der Waals surface area contributed by atoms with Crippen molar-refractivity contribution < 1.29 is 31.2 Å². The van der Waals surface area contributed by atoms with Crippen molar-refractivity contribution in [3.63, 3.8) is 0 Å². The van der Waals surface area contributed by atoms with Crippen molar-refractivity contribution in [2.24, 2.45) is 5.73 Å². The Morgan fingerprint density at radius 1 is 1.00 bits per heavy atom. The van der Waals surface area contributed by atoms with Crippen molar-refractivity contribution in [1.82, 2.24) is 13.8 Å². The number of carbonyl (C=O) groups is 2. The Morgan fingerprint density at radius 2 is 1.62 bits per heavy atom. The first-order valence-electron chi connectivity index (χ1n) is 10.0. The molecule has 34 heavy (non-hydrogen) atoms. The summed E-state index contributed by atoms with van der Waals surface area (Å²) in [5.41, 5.74) is 2.31. The number of aromatic nitrogens is 1. The lowest BCUT2D eigenvalue weighted by Gasteiger charge is -2.33. The number of hydrogen-bond acceptors (Lipinski definition) is 5. The zero-order chi connectivity index (χ0) is 25.1. The summed E-state index contributed by atoms with van der Waals surface area (Å²) in [4.78, 5) is 37.5. The molecule has 0 spiro atoms. The van der Waals surface area contributed by atoms with E-state index in [-0.39, 0.29) is 30.7 Å². The van der Waals surface area contributed by atoms with E-state index >= 15 is 0 Å². The lowest BCUT2D eigenvalue weighted by molar-refractivity contribution is -0.146. The summed E-state index contributed by atoms with van der Waals surface area (Å²) in [7, 11) is -3.78. The first-order valence-corrected chi connectivity index (χ1v) is 11.5. The van der Waals surface area contributed by atoms with E-state index in [4.69, 9.17) is 5.73 Å². The minimum Gasteiger partial charge on any atom is -0.365 e. The number of nitrogens with two attached hydrogens (primary N) is 1. The molecule has 0 aliphatic carbocycles. The van der Waals surface area contributed by atoms with Crippen molar-refractivity contribution in [2.75, 3.05) is 26.2 Å². The van der Waals surface area contributed by atoms with Gasteiger partial charge in [-0.25, -0.2) is 8.42 Å². The third kappa shape index (κ3) is 5.72. The SMILES string of the molecule is NC(=O)c1ccc(C(F)(F)F)n(CC(=O)N2CCN(S(=O)(=O)/C=C/c3ccccc3)CC2)c1=O. The molecule has 9 nitrogen and oxygen atoms in total. The maximum Gasteiger partial charge on any atom is 0.431 e. The standard InChI is InChI=1S/C21H21F3N4O5S/c22-21(23,24)17-7-6-16(19(25)30)20(31)28(17)14-18(29)26-9-11-27(12-10-26)34(32,33)13-8-15-4-2-1-3-5-15/h1-8,13H,9-12,14H2,(H2,25,30)/b13-8+. The molecule has 1 aliphatic rings. The molecule has 3 rings (SSSR count). The van der Waals surface area contributed by atoms with Crippen LogP contribution in [0, 0.1) is 0 Å². The number of halogens is 3. The number of pyridine rings is 1. The molecule has 182 valence electrons. The normalized spacial score (nSPS) is 15.6. The highest BCUT2D eigenvalue weighted by molar-refractivity contribution is 7.92. The van der Waals surface area contributed by atoms with Crippen LogP contribution in [0.15, 0.2) is 52.7 Å². The van der Waals surface area contributed by atoms with Gasteiger partial charge >= 0.3 is 6.18 Å². The van der Waals surface area contributed by atoms with Crippen LogP contribution in [0.3, 0.4) is 0 Å². The first-order chi connectivity index (χ1) is 15.9. The smallest absolute Gasteiger partial charge is 0.365 e. The van der Waals surface area contributed by atoms with E-state index in [0.29, 0.717) is 17.7 Å². The van der Waals surface area contributed by atoms with Crippen LogP contribution in [0.4, 0.5) is 13.2 Å². The van der Waals surface area contributed by atoms with Crippen LogP contribution < -0.4 is 11.3 Å². The fourth-order valence-corrected chi connectivity index (χ4v) is 4.59. The number of carbonyl (C=O) groups excluding carboxylic acids is 2. The zero-order valence-corrected chi connectivity index (χ0v) is 18.6. The molecule has 0 bridgehead atoms. The maximum atomic E-state index is 13.4. The lowest BCUT2D eigenvalue weighted by atomic mass is 10.2. The fraction of sp³-hybridized carbons (Fsp3) is 0.286. The number of hydrogen-bond donors (Lipinski definition) is 1. The van der Waals surface area contributed by atoms with E-state index in [0.717, 1.165) is 14.6 Å². The highest BCUT2D eigenvalue weighted by Gasteiger charge is 2.36. The largest absolute Gasteiger partial charge is 0.431 e. The third-order valence-electron chi connectivity index (χ3n) is 5.21. The van der Waals surface area contributed by atoms with Crippen molar-refractivity contribution in [3.8, 4) is 0 Å². The number of amides is 2. The van der Waals surface area contributed by atoms with E-state index in [2.05, 4.69) is 0 Å². The van der Waals surface area contributed by atoms with Gasteiger partial charge in [0.05, 0.1) is 0 Å². The number of alkyl halides is 3. The number of sulfonamides is 1. The summed E-state index contributed by atoms with van der Waals surface area (Å²) in [5.74, 6) is -2.05. The van der Waals surface area contributed by atoms with Crippen LogP contribution in [-0.4, -0.2) is 60.2 Å². The van der Waals surface area contributed by atoms with Crippen LogP contribution in [0.25, 0.3) is 6.08 Å². The van der Waals surface area contributed by atoms with Crippen molar-refractivity contribution in [3.05, 3.63) is 75.0 Å². The van der Waals surface area contributed by atoms with E-state index in [1.54, 1.807) is 30.3 Å². The van der Waals surface area contributed by atoms with Gasteiger partial charge in [-0.15, -0.1) is 0 Å². The molecule has 13 heteroatoms. The Balaban J connectivity index is 1.72. The Morgan fingerprint density at radius 3 is 2.18 bits per heavy atom. The Kier molecular flexibility index (Phi) is 7.26. The third-order valence-corrected chi connectivity index (χ3v) is 6.77. The Labute approximate surface area is 192 Å². The molecule has 0 saturated carbocycles. The molecule has 1 saturated heterocycles. The molecule has 2 N–H and O–H groups in total. The van der Waals surface area contributed by atoms with Crippen LogP contribution in [0.1, 0.15) is 21.6 Å². The van der Waals surface area contributed by atoms with E-state index in [9.17, 15) is 36.0 Å². The Hall–Kier alpha value is -3.45. The summed E-state index contributed by atoms with van der Waals surface area (Å²) in [5, 5.41) is 1.05. The van der Waals surface area contributed by atoms with Crippen molar-refractivity contribution in [1.29, 1.82) is 0 Å². The minimum absolute atomic E-state index is 0.0739. The number of nitrogens with zero attached hydrogens (tertiary/aromatic N) is 3. The molecule has 1 aromatic heterocycles. The molecule has 1 aromatic carbocycles. The molecular weight excluding hydrogens is 477 g/mol. The number of primary amides is 1. The second-order valence-electron chi connectivity index (χ2n) is 7.42. The lowest BCUT2D eigenvalue weighted by Crippen LogP contribution is -2.51. The summed E-state index contributed by atoms with van der Waals surface area (Å²) in [6.07, 6.45) is -3.52. The topological polar surface area (TPSA) is 123 Å². The average molecular weight is 498 g/mol. The summed E-state index contributed by atoms with van der Waals surface area (Å²) >= 11 is 0. The summed E-state index contributed by atoms with van der Waals surface area (Å²) < 4.78 is 66.5. The van der Waals surface area contributed by atoms with Crippen molar-refractivity contribution >= 4 is 27.9 Å². The van der Waals surface area contributed by atoms with Gasteiger partial charge < -0.3 is 10.6 Å². The van der Waals surface area contributed by atoms with Crippen LogP contribution in [0.2, 0.25) is 0 Å². The van der Waals surface area contributed by atoms with Crippen molar-refractivity contribution in [2.45, 2.75) is 12.7 Å². The van der Waals surface area contributed by atoms with Crippen LogP contribution in [0.5, 0.6) is 0 Å². The van der Waals surface area contributed by atoms with E-state index in [1.165, 1.54) is 6.08 Å². The molecule has 2 amide bonds. The fourth-order valence-electron chi connectivity index (χ4n) is 3.41. The molecule has 0 radical (unpaired) electrons. The second kappa shape index (κ2) is 9.81. The van der Waals surface area contributed by atoms with Crippen LogP contribution in [-0.2, 0) is 27.5 Å². The average Bonchev–Trinajstić information content (AvgIpc) is 2.78. The predicted octanol–water partition coefficient (Wildman–Crippen LogP) is 1.11. The second-order valence-corrected chi connectivity index (χ2v) is 9.24. The number of benzene rings is 1. The predicted molar refractivity (Wildman–Crippen MR) is 117 cm³/mol. The highest BCUT2D eigenvalue weighted by Crippen LogP contribution is 2.28. The molecule has 1 fully saturated rings. The monoisotopic (exact) mass is 498 g/mol. The molecule has 2 heterocycles. The molecular formula is C21H21F3N4O5S. The van der Waals surface area contributed by atoms with Crippen LogP contribution >= 0.6 is 0 Å². The maximum absolute atomic E-state index is 13.4. The van der Waals surface area contributed by atoms with Gasteiger partial charge in [0.15, 0.2) is 0 Å². The minimum atomic E-state index is -4.95. The molecule has 2 aromatic rings. The number of rotatable bonds is 6. The van der Waals surface area contributed by atoms with Gasteiger partial charge in [0.1, 0.15) is 17.8 Å². The summed E-state index contributed by atoms with van der Waals surface area (Å²) in [6, 6.07) is 9.94. The highest BCUT2D eigenvalue weighted by atomic mass is 32.2. The summed E-state index contributed by atoms with van der Waals surface area (Å²) in [6.45, 7) is -1.29. The molecule has 0 unspecified atom stereocenters.